The number of carbonyl (C=O) groups is 4. The number of nitrogens with zero attached hydrogens (tertiary/aromatic N) is 2. The quantitative estimate of drug-likeness (QED) is 0.291. The van der Waals surface area contributed by atoms with Crippen molar-refractivity contribution in [2.45, 2.75) is 23.2 Å². The number of carboxylic acid groups (broad SMARTS) is 1. The first kappa shape index (κ1) is 24.6. The minimum absolute atomic E-state index is 0.000970. The summed E-state index contributed by atoms with van der Waals surface area (Å²) in [5.41, 5.74) is 0.244. The zero-order valence-electron chi connectivity index (χ0n) is 18.5. The Balaban J connectivity index is 1.42. The van der Waals surface area contributed by atoms with Crippen LogP contribution in [0.5, 0.6) is 0 Å². The second-order valence-corrected chi connectivity index (χ2v) is 9.56. The Morgan fingerprint density at radius 1 is 1.31 bits per heavy atom. The summed E-state index contributed by atoms with van der Waals surface area (Å²) in [7, 11) is 0. The third kappa shape index (κ3) is 5.43. The van der Waals surface area contributed by atoms with Gasteiger partial charge in [-0.15, -0.1) is 23.5 Å². The van der Waals surface area contributed by atoms with E-state index in [0.29, 0.717) is 11.3 Å². The molecular weight excluding hydrogens is 494 g/mol. The van der Waals surface area contributed by atoms with Crippen molar-refractivity contribution in [2.24, 2.45) is 0 Å². The van der Waals surface area contributed by atoms with Crippen molar-refractivity contribution < 1.29 is 33.5 Å². The average molecular weight is 516 g/mol. The molecule has 0 aliphatic carbocycles. The highest BCUT2D eigenvalue weighted by atomic mass is 32.2. The fourth-order valence-electron chi connectivity index (χ4n) is 3.50. The van der Waals surface area contributed by atoms with Gasteiger partial charge in [-0.2, -0.15) is 0 Å². The fourth-order valence-corrected chi connectivity index (χ4v) is 5.55. The van der Waals surface area contributed by atoms with Crippen LogP contribution in [0, 0.1) is 0 Å². The van der Waals surface area contributed by atoms with Gasteiger partial charge < -0.3 is 19.7 Å². The van der Waals surface area contributed by atoms with Crippen LogP contribution >= 0.6 is 23.5 Å². The Kier molecular flexibility index (Phi) is 7.61. The van der Waals surface area contributed by atoms with Crippen LogP contribution in [0.25, 0.3) is 6.08 Å². The summed E-state index contributed by atoms with van der Waals surface area (Å²) < 4.78 is 9.93. The Hall–Kier alpha value is -3.51. The molecule has 0 spiro atoms. The number of esters is 1. The molecule has 1 saturated heterocycles. The number of aliphatic carboxylic acids is 1. The summed E-state index contributed by atoms with van der Waals surface area (Å²) in [6, 6.07) is 10.0. The SMILES string of the molecule is CCOC(=O)c1cc(/C=C/C2=C(C(=O)O)N3C(=O)[C@@H](NC(=O)CSc4ccccc4)C3SC2)on1. The van der Waals surface area contributed by atoms with E-state index in [4.69, 9.17) is 9.26 Å². The van der Waals surface area contributed by atoms with Gasteiger partial charge in [0, 0.05) is 16.7 Å². The normalized spacial score (nSPS) is 19.3. The highest BCUT2D eigenvalue weighted by molar-refractivity contribution is 8.00. The van der Waals surface area contributed by atoms with Crippen molar-refractivity contribution in [2.75, 3.05) is 18.1 Å². The number of nitrogens with one attached hydrogen (secondary N) is 1. The van der Waals surface area contributed by atoms with E-state index in [-0.39, 0.29) is 35.4 Å². The van der Waals surface area contributed by atoms with Crippen LogP contribution in [-0.2, 0) is 19.1 Å². The van der Waals surface area contributed by atoms with Gasteiger partial charge in [0.2, 0.25) is 5.91 Å². The van der Waals surface area contributed by atoms with Gasteiger partial charge in [0.15, 0.2) is 11.5 Å². The molecule has 0 radical (unpaired) electrons. The second-order valence-electron chi connectivity index (χ2n) is 7.40. The molecule has 182 valence electrons. The lowest BCUT2D eigenvalue weighted by Gasteiger charge is -2.49. The number of carboxylic acids is 1. The maximum Gasteiger partial charge on any atom is 0.360 e. The molecule has 1 unspecified atom stereocenters. The van der Waals surface area contributed by atoms with Crippen molar-refractivity contribution in [1.29, 1.82) is 0 Å². The minimum atomic E-state index is -1.25. The topological polar surface area (TPSA) is 139 Å². The fraction of sp³-hybridized carbons (Fsp3) is 0.261. The Bertz CT molecular complexity index is 1210. The van der Waals surface area contributed by atoms with Crippen LogP contribution < -0.4 is 5.32 Å². The Morgan fingerprint density at radius 3 is 2.80 bits per heavy atom. The zero-order valence-corrected chi connectivity index (χ0v) is 20.1. The Morgan fingerprint density at radius 2 is 2.09 bits per heavy atom. The maximum atomic E-state index is 12.8. The number of allylic oxidation sites excluding steroid dienone is 1. The van der Waals surface area contributed by atoms with E-state index in [9.17, 15) is 24.3 Å². The Labute approximate surface area is 208 Å². The first-order chi connectivity index (χ1) is 16.9. The van der Waals surface area contributed by atoms with Gasteiger partial charge in [0.1, 0.15) is 17.1 Å². The first-order valence-corrected chi connectivity index (χ1v) is 12.6. The van der Waals surface area contributed by atoms with Crippen LogP contribution in [0.3, 0.4) is 0 Å². The third-order valence-corrected chi connectivity index (χ3v) is 7.41. The van der Waals surface area contributed by atoms with E-state index >= 15 is 0 Å². The molecule has 1 fully saturated rings. The lowest BCUT2D eigenvalue weighted by Crippen LogP contribution is -2.70. The zero-order chi connectivity index (χ0) is 24.9. The number of hydrogen-bond donors (Lipinski definition) is 2. The molecule has 2 N–H and O–H groups in total. The largest absolute Gasteiger partial charge is 0.477 e. The number of ether oxygens (including phenoxy) is 1. The molecule has 3 heterocycles. The number of thioether (sulfide) groups is 2. The summed E-state index contributed by atoms with van der Waals surface area (Å²) in [6.45, 7) is 1.87. The third-order valence-electron chi connectivity index (χ3n) is 5.09. The van der Waals surface area contributed by atoms with Gasteiger partial charge in [-0.1, -0.05) is 29.4 Å². The molecule has 2 aliphatic rings. The highest BCUT2D eigenvalue weighted by Crippen LogP contribution is 2.40. The number of carbonyl (C=O) groups excluding carboxylic acids is 3. The summed E-state index contributed by atoms with van der Waals surface area (Å²) in [4.78, 5) is 51.0. The van der Waals surface area contributed by atoms with E-state index in [2.05, 4.69) is 10.5 Å². The summed E-state index contributed by atoms with van der Waals surface area (Å²) in [5, 5.41) is 15.6. The summed E-state index contributed by atoms with van der Waals surface area (Å²) in [6.07, 6.45) is 2.98. The van der Waals surface area contributed by atoms with E-state index in [1.54, 1.807) is 6.92 Å². The van der Waals surface area contributed by atoms with Crippen molar-refractivity contribution >= 4 is 53.4 Å². The molecule has 2 aromatic rings. The molecule has 12 heteroatoms. The lowest BCUT2D eigenvalue weighted by molar-refractivity contribution is -0.150. The van der Waals surface area contributed by atoms with Crippen molar-refractivity contribution in [1.82, 2.24) is 15.4 Å². The molecule has 2 atom stereocenters. The predicted octanol–water partition coefficient (Wildman–Crippen LogP) is 2.40. The summed E-state index contributed by atoms with van der Waals surface area (Å²) >= 11 is 2.71. The monoisotopic (exact) mass is 515 g/mol. The van der Waals surface area contributed by atoms with Crippen LogP contribution in [0.1, 0.15) is 23.2 Å². The number of benzene rings is 1. The van der Waals surface area contributed by atoms with Crippen LogP contribution in [0.2, 0.25) is 0 Å². The molecule has 0 bridgehead atoms. The number of aromatic nitrogens is 1. The first-order valence-electron chi connectivity index (χ1n) is 10.6. The van der Waals surface area contributed by atoms with Crippen molar-refractivity contribution in [3.8, 4) is 0 Å². The van der Waals surface area contributed by atoms with Crippen LogP contribution in [0.4, 0.5) is 0 Å². The standard InChI is InChI=1S/C23H21N3O7S2/c1-2-32-23(31)16-10-14(33-25-16)9-8-13-11-35-21-18(20(28)26(21)19(13)22(29)30)24-17(27)12-34-15-6-4-3-5-7-15/h3-10,18,21H,2,11-12H2,1H3,(H,24,27)(H,29,30)/b9-8+/t18-,21?/m1/s1. The molecule has 1 aromatic heterocycles. The molecule has 10 nitrogen and oxygen atoms in total. The highest BCUT2D eigenvalue weighted by Gasteiger charge is 2.53. The molecule has 35 heavy (non-hydrogen) atoms. The number of amides is 2. The van der Waals surface area contributed by atoms with E-state index < -0.39 is 29.3 Å². The number of fused-ring (bicyclic) bond motifs is 1. The molecule has 2 aliphatic heterocycles. The summed E-state index contributed by atoms with van der Waals surface area (Å²) in [5.74, 6) is -1.98. The predicted molar refractivity (Wildman–Crippen MR) is 128 cm³/mol. The smallest absolute Gasteiger partial charge is 0.360 e. The lowest BCUT2D eigenvalue weighted by atomic mass is 10.0. The van der Waals surface area contributed by atoms with Gasteiger partial charge in [0.25, 0.3) is 5.91 Å². The van der Waals surface area contributed by atoms with Crippen molar-refractivity contribution in [3.05, 3.63) is 65.2 Å². The number of rotatable bonds is 9. The number of β-lactam (4-membered cyclic amide) rings is 1. The number of hydrogen-bond acceptors (Lipinski definition) is 9. The van der Waals surface area contributed by atoms with Gasteiger partial charge in [-0.05, 0) is 30.7 Å². The van der Waals surface area contributed by atoms with E-state index in [1.807, 2.05) is 30.3 Å². The average Bonchev–Trinajstić information content (AvgIpc) is 3.34. The maximum absolute atomic E-state index is 12.8. The van der Waals surface area contributed by atoms with E-state index in [0.717, 1.165) is 4.90 Å². The van der Waals surface area contributed by atoms with Crippen LogP contribution in [-0.4, -0.2) is 68.4 Å². The van der Waals surface area contributed by atoms with Gasteiger partial charge in [-0.3, -0.25) is 14.5 Å². The van der Waals surface area contributed by atoms with Crippen molar-refractivity contribution in [3.63, 3.8) is 0 Å². The molecule has 1 aromatic carbocycles. The van der Waals surface area contributed by atoms with E-state index in [1.165, 1.54) is 46.6 Å². The minimum Gasteiger partial charge on any atom is -0.477 e. The molecule has 4 rings (SSSR count). The molecule has 2 amide bonds. The van der Waals surface area contributed by atoms with Gasteiger partial charge in [0.05, 0.1) is 12.4 Å². The van der Waals surface area contributed by atoms with Crippen LogP contribution in [0.15, 0.2) is 63.2 Å². The molecule has 0 saturated carbocycles. The van der Waals surface area contributed by atoms with Gasteiger partial charge in [-0.25, -0.2) is 9.59 Å². The van der Waals surface area contributed by atoms with Gasteiger partial charge >= 0.3 is 11.9 Å². The second kappa shape index (κ2) is 10.8. The molecular formula is C23H21N3O7S2.